The molecule has 3 aromatic rings. The van der Waals surface area contributed by atoms with Crippen molar-refractivity contribution in [2.24, 2.45) is 11.8 Å². The SMILES string of the molecule is O=C(NCc1nccs1)c1nn(CC2CC2)c2c1CN(C(=O)[C@@H]1COc3ccccc3C1)CC2. The summed E-state index contributed by atoms with van der Waals surface area (Å²) in [7, 11) is 0. The summed E-state index contributed by atoms with van der Waals surface area (Å²) in [6.07, 6.45) is 5.56. The van der Waals surface area contributed by atoms with Crippen molar-refractivity contribution >= 4 is 23.2 Å². The minimum atomic E-state index is -0.208. The van der Waals surface area contributed by atoms with Crippen molar-refractivity contribution in [2.45, 2.75) is 45.3 Å². The zero-order valence-electron chi connectivity index (χ0n) is 18.9. The van der Waals surface area contributed by atoms with E-state index < -0.39 is 0 Å². The lowest BCUT2D eigenvalue weighted by Crippen LogP contribution is -2.43. The van der Waals surface area contributed by atoms with Gasteiger partial charge in [0.15, 0.2) is 5.69 Å². The molecule has 4 heterocycles. The molecule has 0 saturated heterocycles. The van der Waals surface area contributed by atoms with Gasteiger partial charge in [0, 0.05) is 48.9 Å². The summed E-state index contributed by atoms with van der Waals surface area (Å²) in [5.74, 6) is 1.19. The van der Waals surface area contributed by atoms with Crippen molar-refractivity contribution in [1.29, 1.82) is 0 Å². The van der Waals surface area contributed by atoms with Crippen LogP contribution in [0.4, 0.5) is 0 Å². The van der Waals surface area contributed by atoms with Gasteiger partial charge in [-0.3, -0.25) is 14.3 Å². The quantitative estimate of drug-likeness (QED) is 0.590. The van der Waals surface area contributed by atoms with E-state index in [1.165, 1.54) is 24.2 Å². The first-order valence-electron chi connectivity index (χ1n) is 11.9. The van der Waals surface area contributed by atoms with Crippen LogP contribution in [0.3, 0.4) is 0 Å². The summed E-state index contributed by atoms with van der Waals surface area (Å²) >= 11 is 1.51. The fourth-order valence-corrected chi connectivity index (χ4v) is 5.44. The van der Waals surface area contributed by atoms with E-state index in [4.69, 9.17) is 9.84 Å². The molecule has 1 aliphatic carbocycles. The number of hydrogen-bond acceptors (Lipinski definition) is 6. The van der Waals surface area contributed by atoms with E-state index in [1.807, 2.05) is 39.2 Å². The Morgan fingerprint density at radius 2 is 2.12 bits per heavy atom. The number of para-hydroxylation sites is 1. The van der Waals surface area contributed by atoms with Gasteiger partial charge in [-0.15, -0.1) is 11.3 Å². The zero-order valence-corrected chi connectivity index (χ0v) is 19.7. The maximum atomic E-state index is 13.4. The number of amides is 2. The Morgan fingerprint density at radius 1 is 1.24 bits per heavy atom. The van der Waals surface area contributed by atoms with Crippen LogP contribution in [0.25, 0.3) is 0 Å². The number of aromatic nitrogens is 3. The van der Waals surface area contributed by atoms with E-state index in [-0.39, 0.29) is 17.7 Å². The number of benzene rings is 1. The maximum absolute atomic E-state index is 13.4. The van der Waals surface area contributed by atoms with E-state index in [2.05, 4.69) is 10.3 Å². The summed E-state index contributed by atoms with van der Waals surface area (Å²) in [6.45, 7) is 2.67. The largest absolute Gasteiger partial charge is 0.492 e. The van der Waals surface area contributed by atoms with E-state index >= 15 is 0 Å². The lowest BCUT2D eigenvalue weighted by Gasteiger charge is -2.33. The number of thiazole rings is 1. The summed E-state index contributed by atoms with van der Waals surface area (Å²) in [5.41, 5.74) is 3.49. The van der Waals surface area contributed by atoms with Gasteiger partial charge in [0.2, 0.25) is 5.91 Å². The molecular formula is C25H27N5O3S. The first-order chi connectivity index (χ1) is 16.7. The van der Waals surface area contributed by atoms with Gasteiger partial charge >= 0.3 is 0 Å². The predicted molar refractivity (Wildman–Crippen MR) is 126 cm³/mol. The number of hydrogen-bond donors (Lipinski definition) is 1. The van der Waals surface area contributed by atoms with Crippen molar-refractivity contribution in [1.82, 2.24) is 25.0 Å². The monoisotopic (exact) mass is 477 g/mol. The van der Waals surface area contributed by atoms with Gasteiger partial charge in [-0.2, -0.15) is 5.10 Å². The van der Waals surface area contributed by atoms with Crippen molar-refractivity contribution in [3.63, 3.8) is 0 Å². The van der Waals surface area contributed by atoms with Crippen molar-refractivity contribution in [2.75, 3.05) is 13.2 Å². The van der Waals surface area contributed by atoms with Crippen LogP contribution >= 0.6 is 11.3 Å². The first-order valence-corrected chi connectivity index (χ1v) is 12.8. The summed E-state index contributed by atoms with van der Waals surface area (Å²) in [5, 5.41) is 10.4. The number of carbonyl (C=O) groups excluding carboxylic acids is 2. The van der Waals surface area contributed by atoms with Gasteiger partial charge in [-0.25, -0.2) is 4.98 Å². The molecular weight excluding hydrogens is 450 g/mol. The van der Waals surface area contributed by atoms with Gasteiger partial charge in [-0.1, -0.05) is 18.2 Å². The molecule has 3 aliphatic rings. The average Bonchev–Trinajstić information content (AvgIpc) is 3.39. The molecule has 176 valence electrons. The molecule has 2 aromatic heterocycles. The fourth-order valence-electron chi connectivity index (χ4n) is 4.88. The molecule has 1 fully saturated rings. The highest BCUT2D eigenvalue weighted by Crippen LogP contribution is 2.33. The summed E-state index contributed by atoms with van der Waals surface area (Å²) in [6, 6.07) is 7.91. The molecule has 9 heteroatoms. The molecule has 0 unspecified atom stereocenters. The zero-order chi connectivity index (χ0) is 23.1. The average molecular weight is 478 g/mol. The Bertz CT molecular complexity index is 1220. The number of ether oxygens (including phenoxy) is 1. The Balaban J connectivity index is 1.21. The topological polar surface area (TPSA) is 89.4 Å². The molecule has 1 atom stereocenters. The highest BCUT2D eigenvalue weighted by Gasteiger charge is 2.35. The Kier molecular flexibility index (Phi) is 5.57. The van der Waals surface area contributed by atoms with Gasteiger partial charge in [-0.05, 0) is 36.8 Å². The Morgan fingerprint density at radius 3 is 2.94 bits per heavy atom. The lowest BCUT2D eigenvalue weighted by molar-refractivity contribution is -0.137. The molecule has 2 amide bonds. The van der Waals surface area contributed by atoms with Crippen LogP contribution in [-0.4, -0.2) is 44.6 Å². The molecule has 0 spiro atoms. The number of fused-ring (bicyclic) bond motifs is 2. The standard InChI is InChI=1S/C25H27N5O3S/c31-24(27-12-22-26-8-10-34-22)23-19-14-29(9-7-20(19)30(28-23)13-16-5-6-16)25(32)18-11-17-3-1-2-4-21(17)33-15-18/h1-4,8,10,16,18H,5-7,9,11-15H2,(H,27,31)/t18-/m0/s1. The summed E-state index contributed by atoms with van der Waals surface area (Å²) < 4.78 is 7.89. The summed E-state index contributed by atoms with van der Waals surface area (Å²) in [4.78, 5) is 32.7. The van der Waals surface area contributed by atoms with Crippen LogP contribution in [0.15, 0.2) is 35.8 Å². The highest BCUT2D eigenvalue weighted by atomic mass is 32.1. The lowest BCUT2D eigenvalue weighted by atomic mass is 9.94. The molecule has 8 nitrogen and oxygen atoms in total. The molecule has 1 aromatic carbocycles. The number of rotatable bonds is 6. The molecule has 6 rings (SSSR count). The second-order valence-electron chi connectivity index (χ2n) is 9.34. The second-order valence-corrected chi connectivity index (χ2v) is 10.3. The van der Waals surface area contributed by atoms with Gasteiger partial charge in [0.1, 0.15) is 17.4 Å². The van der Waals surface area contributed by atoms with E-state index in [1.54, 1.807) is 6.20 Å². The highest BCUT2D eigenvalue weighted by molar-refractivity contribution is 7.09. The smallest absolute Gasteiger partial charge is 0.272 e. The van der Waals surface area contributed by atoms with Crippen molar-refractivity contribution < 1.29 is 14.3 Å². The third-order valence-electron chi connectivity index (χ3n) is 6.90. The van der Waals surface area contributed by atoms with Gasteiger partial charge < -0.3 is 15.0 Å². The van der Waals surface area contributed by atoms with Crippen LogP contribution < -0.4 is 10.1 Å². The van der Waals surface area contributed by atoms with Crippen LogP contribution in [0.1, 0.15) is 45.2 Å². The molecule has 0 radical (unpaired) electrons. The molecule has 34 heavy (non-hydrogen) atoms. The van der Waals surface area contributed by atoms with Gasteiger partial charge in [0.25, 0.3) is 5.91 Å². The molecule has 1 N–H and O–H groups in total. The van der Waals surface area contributed by atoms with Crippen LogP contribution in [0.2, 0.25) is 0 Å². The minimum absolute atomic E-state index is 0.0873. The molecule has 2 aliphatic heterocycles. The van der Waals surface area contributed by atoms with E-state index in [0.717, 1.165) is 34.1 Å². The fraction of sp³-hybridized carbons (Fsp3) is 0.440. The number of nitrogens with one attached hydrogen (secondary N) is 1. The second kappa shape index (κ2) is 8.87. The van der Waals surface area contributed by atoms with Crippen molar-refractivity contribution in [3.05, 3.63) is 63.4 Å². The van der Waals surface area contributed by atoms with Gasteiger partial charge in [0.05, 0.1) is 12.5 Å². The van der Waals surface area contributed by atoms with Crippen LogP contribution in [-0.2, 0) is 37.3 Å². The molecule has 1 saturated carbocycles. The number of nitrogens with zero attached hydrogens (tertiary/aromatic N) is 4. The minimum Gasteiger partial charge on any atom is -0.492 e. The first kappa shape index (κ1) is 21.3. The number of carbonyl (C=O) groups is 2. The van der Waals surface area contributed by atoms with Crippen molar-refractivity contribution in [3.8, 4) is 5.75 Å². The third-order valence-corrected chi connectivity index (χ3v) is 7.68. The Labute approximate surface area is 201 Å². The van der Waals surface area contributed by atoms with Crippen LogP contribution in [0.5, 0.6) is 5.75 Å². The predicted octanol–water partition coefficient (Wildman–Crippen LogP) is 2.82. The molecule has 0 bridgehead atoms. The van der Waals surface area contributed by atoms with Crippen LogP contribution in [0, 0.1) is 11.8 Å². The third kappa shape index (κ3) is 4.20. The Hall–Kier alpha value is -3.20. The van der Waals surface area contributed by atoms with E-state index in [9.17, 15) is 9.59 Å². The normalized spacial score (nSPS) is 19.2. The maximum Gasteiger partial charge on any atom is 0.272 e. The van der Waals surface area contributed by atoms with E-state index in [0.29, 0.717) is 50.7 Å².